The zero-order valence-corrected chi connectivity index (χ0v) is 10.5. The van der Waals surface area contributed by atoms with Crippen molar-refractivity contribution in [2.75, 3.05) is 0 Å². The van der Waals surface area contributed by atoms with Crippen molar-refractivity contribution < 1.29 is 4.68 Å². The molecule has 0 aromatic carbocycles. The van der Waals surface area contributed by atoms with Crippen LogP contribution in [0.15, 0.2) is 12.3 Å². The van der Waals surface area contributed by atoms with Gasteiger partial charge in [-0.05, 0) is 20.8 Å². The van der Waals surface area contributed by atoms with Crippen LogP contribution in [-0.2, 0) is 18.0 Å². The number of rotatable bonds is 0. The van der Waals surface area contributed by atoms with E-state index in [0.29, 0.717) is 0 Å². The Bertz CT molecular complexity index is 321. The third-order valence-electron chi connectivity index (χ3n) is 2.40. The van der Waals surface area contributed by atoms with Gasteiger partial charge in [-0.15, -0.1) is 4.68 Å². The normalized spacial score (nSPS) is 13.4. The molecule has 0 fully saturated rings. The first-order chi connectivity index (χ1) is 6.14. The maximum atomic E-state index is 2.35. The summed E-state index contributed by atoms with van der Waals surface area (Å²) < 4.78 is 4.52. The number of hydrogen-bond acceptors (Lipinski definition) is 0. The Kier molecular flexibility index (Phi) is 2.51. The van der Waals surface area contributed by atoms with Crippen molar-refractivity contribution in [1.82, 2.24) is 4.68 Å². The molecule has 0 saturated carbocycles. The summed E-state index contributed by atoms with van der Waals surface area (Å²) in [4.78, 5) is 0. The zero-order valence-electron chi connectivity index (χ0n) is 10.5. The van der Waals surface area contributed by atoms with E-state index >= 15 is 0 Å². The lowest BCUT2D eigenvalue weighted by molar-refractivity contribution is -0.760. The Morgan fingerprint density at radius 3 is 1.86 bits per heavy atom. The Balaban J connectivity index is 3.35. The molecule has 0 unspecified atom stereocenters. The van der Waals surface area contributed by atoms with Crippen LogP contribution >= 0.6 is 0 Å². The fourth-order valence-corrected chi connectivity index (χ4v) is 1.89. The van der Waals surface area contributed by atoms with E-state index in [-0.39, 0.29) is 11.0 Å². The van der Waals surface area contributed by atoms with Gasteiger partial charge in [0.1, 0.15) is 0 Å². The second-order valence-electron chi connectivity index (χ2n) is 6.01. The zero-order chi connectivity index (χ0) is 11.1. The van der Waals surface area contributed by atoms with Crippen LogP contribution in [0.2, 0.25) is 0 Å². The van der Waals surface area contributed by atoms with Gasteiger partial charge in [0.25, 0.3) is 0 Å². The van der Waals surface area contributed by atoms with Gasteiger partial charge in [-0.25, -0.2) is 0 Å². The highest BCUT2D eigenvalue weighted by Gasteiger charge is 2.30. The molecule has 0 aliphatic rings. The molecule has 1 aromatic heterocycles. The van der Waals surface area contributed by atoms with Crippen LogP contribution in [-0.4, -0.2) is 4.68 Å². The topological polar surface area (TPSA) is 8.81 Å². The van der Waals surface area contributed by atoms with Gasteiger partial charge >= 0.3 is 0 Å². The maximum Gasteiger partial charge on any atom is 0.195 e. The first-order valence-corrected chi connectivity index (χ1v) is 5.22. The van der Waals surface area contributed by atoms with Crippen molar-refractivity contribution >= 4 is 0 Å². The molecule has 0 amide bonds. The summed E-state index contributed by atoms with van der Waals surface area (Å²) in [5.74, 6) is 0. The van der Waals surface area contributed by atoms with Crippen LogP contribution in [0.1, 0.15) is 47.2 Å². The molecule has 0 N–H and O–H groups in total. The number of aryl methyl sites for hydroxylation is 1. The van der Waals surface area contributed by atoms with E-state index < -0.39 is 0 Å². The summed E-state index contributed by atoms with van der Waals surface area (Å²) in [7, 11) is 2.10. The van der Waals surface area contributed by atoms with Crippen LogP contribution in [0.25, 0.3) is 0 Å². The van der Waals surface area contributed by atoms with E-state index in [0.717, 1.165) is 0 Å². The van der Waals surface area contributed by atoms with Crippen LogP contribution in [0.4, 0.5) is 0 Å². The average molecular weight is 195 g/mol. The first-order valence-electron chi connectivity index (χ1n) is 5.22. The van der Waals surface area contributed by atoms with Gasteiger partial charge in [0, 0.05) is 11.5 Å². The Morgan fingerprint density at radius 2 is 1.57 bits per heavy atom. The predicted molar refractivity (Wildman–Crippen MR) is 59.3 cm³/mol. The van der Waals surface area contributed by atoms with Gasteiger partial charge in [0.2, 0.25) is 0 Å². The van der Waals surface area contributed by atoms with Crippen molar-refractivity contribution in [2.45, 2.75) is 52.5 Å². The van der Waals surface area contributed by atoms with Crippen molar-refractivity contribution in [2.24, 2.45) is 7.05 Å². The van der Waals surface area contributed by atoms with E-state index in [1.165, 1.54) is 5.69 Å². The molecule has 2 nitrogen and oxygen atoms in total. The highest BCUT2D eigenvalue weighted by atomic mass is 15.4. The monoisotopic (exact) mass is 195 g/mol. The Morgan fingerprint density at radius 1 is 1.07 bits per heavy atom. The standard InChI is InChI=1S/C12H23N2/c1-11(2,3)10-8-9-13(7)14(10)12(4,5)6/h8-9H,1-7H3/q+1. The van der Waals surface area contributed by atoms with Crippen molar-refractivity contribution in [1.29, 1.82) is 0 Å². The molecule has 0 spiro atoms. The third-order valence-corrected chi connectivity index (χ3v) is 2.40. The molecule has 1 rings (SSSR count). The predicted octanol–water partition coefficient (Wildman–Crippen LogP) is 2.37. The molecular formula is C12H23N2+. The molecular weight excluding hydrogens is 172 g/mol. The molecule has 0 radical (unpaired) electrons. The largest absolute Gasteiger partial charge is 0.195 e. The smallest absolute Gasteiger partial charge is 0.152 e. The minimum absolute atomic E-state index is 0.140. The number of nitrogens with zero attached hydrogens (tertiary/aromatic N) is 2. The second-order valence-corrected chi connectivity index (χ2v) is 6.01. The van der Waals surface area contributed by atoms with Crippen molar-refractivity contribution in [3.8, 4) is 0 Å². The lowest BCUT2D eigenvalue weighted by Crippen LogP contribution is -2.48. The highest BCUT2D eigenvalue weighted by molar-refractivity contribution is 5.11. The average Bonchev–Trinajstić information content (AvgIpc) is 2.27. The molecule has 0 bridgehead atoms. The summed E-state index contributed by atoms with van der Waals surface area (Å²) in [5.41, 5.74) is 1.72. The van der Waals surface area contributed by atoms with Gasteiger partial charge < -0.3 is 0 Å². The van der Waals surface area contributed by atoms with Gasteiger partial charge in [0.15, 0.2) is 13.2 Å². The maximum absolute atomic E-state index is 2.35. The minimum Gasteiger partial charge on any atom is -0.152 e. The van der Waals surface area contributed by atoms with E-state index in [1.54, 1.807) is 0 Å². The van der Waals surface area contributed by atoms with E-state index in [1.807, 2.05) is 0 Å². The van der Waals surface area contributed by atoms with Gasteiger partial charge in [0.05, 0.1) is 11.2 Å². The lowest BCUT2D eigenvalue weighted by atomic mass is 9.91. The summed E-state index contributed by atoms with van der Waals surface area (Å²) >= 11 is 0. The van der Waals surface area contributed by atoms with Gasteiger partial charge in [-0.3, -0.25) is 0 Å². The summed E-state index contributed by atoms with van der Waals surface area (Å²) in [6, 6.07) is 2.21. The fourth-order valence-electron chi connectivity index (χ4n) is 1.89. The molecule has 0 atom stereocenters. The van der Waals surface area contributed by atoms with Crippen molar-refractivity contribution in [3.05, 3.63) is 18.0 Å². The molecule has 14 heavy (non-hydrogen) atoms. The van der Waals surface area contributed by atoms with Crippen LogP contribution in [0, 0.1) is 0 Å². The number of aromatic nitrogens is 2. The molecule has 1 aromatic rings. The van der Waals surface area contributed by atoms with E-state index in [2.05, 4.69) is 70.2 Å². The summed E-state index contributed by atoms with van der Waals surface area (Å²) in [5, 5.41) is 0. The van der Waals surface area contributed by atoms with Crippen LogP contribution < -0.4 is 4.68 Å². The van der Waals surface area contributed by atoms with Crippen molar-refractivity contribution in [3.63, 3.8) is 0 Å². The van der Waals surface area contributed by atoms with Gasteiger partial charge in [-0.1, -0.05) is 20.8 Å². The molecule has 0 aliphatic carbocycles. The molecule has 1 heterocycles. The SMILES string of the molecule is C[n+]1ccc(C(C)(C)C)n1C(C)(C)C. The third kappa shape index (κ3) is 1.99. The van der Waals surface area contributed by atoms with Crippen LogP contribution in [0.3, 0.4) is 0 Å². The summed E-state index contributed by atoms with van der Waals surface area (Å²) in [6.07, 6.45) is 2.13. The Labute approximate surface area is 87.5 Å². The van der Waals surface area contributed by atoms with Gasteiger partial charge in [-0.2, -0.15) is 4.68 Å². The van der Waals surface area contributed by atoms with E-state index in [9.17, 15) is 0 Å². The molecule has 0 saturated heterocycles. The Hall–Kier alpha value is -0.790. The molecule has 80 valence electrons. The molecule has 2 heteroatoms. The van der Waals surface area contributed by atoms with E-state index in [4.69, 9.17) is 0 Å². The fraction of sp³-hybridized carbons (Fsp3) is 0.750. The lowest BCUT2D eigenvalue weighted by Gasteiger charge is -2.26. The summed E-state index contributed by atoms with van der Waals surface area (Å²) in [6.45, 7) is 13.5. The minimum atomic E-state index is 0.140. The quantitative estimate of drug-likeness (QED) is 0.562. The van der Waals surface area contributed by atoms with Crippen LogP contribution in [0.5, 0.6) is 0 Å². The first kappa shape index (κ1) is 11.3. The molecule has 0 aliphatic heterocycles. The second kappa shape index (κ2) is 3.11. The highest BCUT2D eigenvalue weighted by Crippen LogP contribution is 2.25. The number of hydrogen-bond donors (Lipinski definition) is 0.